The van der Waals surface area contributed by atoms with Crippen LogP contribution in [0.5, 0.6) is 5.75 Å². The van der Waals surface area contributed by atoms with Gasteiger partial charge in [0, 0.05) is 11.8 Å². The summed E-state index contributed by atoms with van der Waals surface area (Å²) < 4.78 is 5.76. The van der Waals surface area contributed by atoms with Gasteiger partial charge in [-0.1, -0.05) is 29.8 Å². The molecule has 1 aliphatic rings. The number of benzene rings is 1. The van der Waals surface area contributed by atoms with Crippen molar-refractivity contribution in [1.82, 2.24) is 9.88 Å². The first-order chi connectivity index (χ1) is 10.6. The van der Waals surface area contributed by atoms with E-state index in [-0.39, 0.29) is 12.1 Å². The number of carbonyl (C=O) groups excluding carboxylic acids is 1. The van der Waals surface area contributed by atoms with Gasteiger partial charge in [0.15, 0.2) is 0 Å². The van der Waals surface area contributed by atoms with E-state index >= 15 is 0 Å². The molecule has 1 aromatic heterocycles. The van der Waals surface area contributed by atoms with Crippen LogP contribution >= 0.6 is 11.6 Å². The number of hydrogen-bond acceptors (Lipinski definition) is 3. The summed E-state index contributed by atoms with van der Waals surface area (Å²) in [4.78, 5) is 18.2. The summed E-state index contributed by atoms with van der Waals surface area (Å²) >= 11 is 5.89. The molecule has 2 amide bonds. The zero-order chi connectivity index (χ0) is 15.5. The average molecular weight is 318 g/mol. The Bertz CT molecular complexity index is 693. The highest BCUT2D eigenvalue weighted by Crippen LogP contribution is 2.25. The Balaban J connectivity index is 1.79. The summed E-state index contributed by atoms with van der Waals surface area (Å²) in [6.45, 7) is 2.91. The Labute approximate surface area is 133 Å². The predicted molar refractivity (Wildman–Crippen MR) is 85.2 cm³/mol. The van der Waals surface area contributed by atoms with Crippen LogP contribution < -0.4 is 10.1 Å². The van der Waals surface area contributed by atoms with Gasteiger partial charge < -0.3 is 15.0 Å². The summed E-state index contributed by atoms with van der Waals surface area (Å²) in [6.07, 6.45) is 3.09. The summed E-state index contributed by atoms with van der Waals surface area (Å²) in [5, 5.41) is 3.31. The Morgan fingerprint density at radius 3 is 3.05 bits per heavy atom. The number of urea groups is 1. The van der Waals surface area contributed by atoms with Gasteiger partial charge in [0.25, 0.3) is 0 Å². The number of hydrogen-bond donors (Lipinski definition) is 1. The highest BCUT2D eigenvalue weighted by molar-refractivity contribution is 6.30. The molecular formula is C16H16ClN3O2. The molecule has 5 nitrogen and oxygen atoms in total. The van der Waals surface area contributed by atoms with E-state index in [1.807, 2.05) is 31.2 Å². The van der Waals surface area contributed by atoms with Gasteiger partial charge >= 0.3 is 6.03 Å². The van der Waals surface area contributed by atoms with E-state index < -0.39 is 0 Å². The normalized spacial score (nSPS) is 17.2. The number of pyridine rings is 1. The van der Waals surface area contributed by atoms with Crippen molar-refractivity contribution >= 4 is 23.3 Å². The van der Waals surface area contributed by atoms with Crippen LogP contribution in [-0.4, -0.2) is 28.6 Å². The number of nitrogens with one attached hydrogen (secondary N) is 1. The van der Waals surface area contributed by atoms with Gasteiger partial charge in [0.05, 0.1) is 29.5 Å². The van der Waals surface area contributed by atoms with Crippen LogP contribution in [0.25, 0.3) is 0 Å². The third-order valence-electron chi connectivity index (χ3n) is 3.54. The molecule has 1 N–H and O–H groups in total. The fourth-order valence-electron chi connectivity index (χ4n) is 2.36. The molecule has 1 atom stereocenters. The number of aromatic nitrogens is 1. The number of amides is 2. The molecule has 0 bridgehead atoms. The predicted octanol–water partition coefficient (Wildman–Crippen LogP) is 3.55. The molecule has 2 aromatic rings. The lowest BCUT2D eigenvalue weighted by molar-refractivity contribution is 0.168. The number of fused-ring (bicyclic) bond motifs is 1. The molecule has 0 spiro atoms. The minimum Gasteiger partial charge on any atom is -0.491 e. The number of rotatable bonds is 1. The average Bonchev–Trinajstić information content (AvgIpc) is 2.67. The van der Waals surface area contributed by atoms with E-state index in [1.165, 1.54) is 6.20 Å². The Morgan fingerprint density at radius 2 is 2.23 bits per heavy atom. The zero-order valence-corrected chi connectivity index (χ0v) is 12.9. The van der Waals surface area contributed by atoms with Gasteiger partial charge in [-0.25, -0.2) is 4.79 Å². The standard InChI is InChI=1S/C16H16ClN3O2/c1-11-10-22-15-5-3-2-4-12(15)9-20(11)16(21)19-14-6-13(17)7-18-8-14/h2-8,11H,9-10H2,1H3,(H,19,21). The lowest BCUT2D eigenvalue weighted by Crippen LogP contribution is -2.42. The van der Waals surface area contributed by atoms with Crippen LogP contribution in [0, 0.1) is 0 Å². The smallest absolute Gasteiger partial charge is 0.322 e. The van der Waals surface area contributed by atoms with Crippen molar-refractivity contribution in [1.29, 1.82) is 0 Å². The molecule has 2 heterocycles. The SMILES string of the molecule is CC1COc2ccccc2CN1C(=O)Nc1cncc(Cl)c1. The summed E-state index contributed by atoms with van der Waals surface area (Å²) in [5.41, 5.74) is 1.56. The zero-order valence-electron chi connectivity index (χ0n) is 12.1. The first-order valence-electron chi connectivity index (χ1n) is 7.02. The van der Waals surface area contributed by atoms with Crippen molar-refractivity contribution in [3.05, 3.63) is 53.3 Å². The van der Waals surface area contributed by atoms with Crippen molar-refractivity contribution in [2.75, 3.05) is 11.9 Å². The first-order valence-corrected chi connectivity index (χ1v) is 7.40. The second kappa shape index (κ2) is 6.23. The van der Waals surface area contributed by atoms with Gasteiger partial charge in [0.1, 0.15) is 12.4 Å². The molecule has 6 heteroatoms. The summed E-state index contributed by atoms with van der Waals surface area (Å²) in [7, 11) is 0. The second-order valence-electron chi connectivity index (χ2n) is 5.22. The monoisotopic (exact) mass is 317 g/mol. The van der Waals surface area contributed by atoms with Gasteiger partial charge in [-0.2, -0.15) is 0 Å². The molecule has 114 valence electrons. The topological polar surface area (TPSA) is 54.5 Å². The quantitative estimate of drug-likeness (QED) is 0.875. The maximum Gasteiger partial charge on any atom is 0.322 e. The lowest BCUT2D eigenvalue weighted by Gasteiger charge is -2.26. The molecule has 0 saturated carbocycles. The van der Waals surface area contributed by atoms with Crippen LogP contribution in [0.3, 0.4) is 0 Å². The number of anilines is 1. The Morgan fingerprint density at radius 1 is 1.41 bits per heavy atom. The molecule has 1 aliphatic heterocycles. The maximum absolute atomic E-state index is 12.5. The van der Waals surface area contributed by atoms with Crippen molar-refractivity contribution in [2.45, 2.75) is 19.5 Å². The van der Waals surface area contributed by atoms with E-state index in [9.17, 15) is 4.79 Å². The third-order valence-corrected chi connectivity index (χ3v) is 3.75. The van der Waals surface area contributed by atoms with Crippen molar-refractivity contribution < 1.29 is 9.53 Å². The lowest BCUT2D eigenvalue weighted by atomic mass is 10.2. The number of para-hydroxylation sites is 1. The van der Waals surface area contributed by atoms with E-state index in [4.69, 9.17) is 16.3 Å². The fourth-order valence-corrected chi connectivity index (χ4v) is 2.54. The highest BCUT2D eigenvalue weighted by atomic mass is 35.5. The molecule has 0 radical (unpaired) electrons. The molecule has 0 saturated heterocycles. The van der Waals surface area contributed by atoms with Gasteiger partial charge in [0.2, 0.25) is 0 Å². The Kier molecular flexibility index (Phi) is 4.15. The molecule has 1 unspecified atom stereocenters. The van der Waals surface area contributed by atoms with Gasteiger partial charge in [-0.3, -0.25) is 4.98 Å². The van der Waals surface area contributed by atoms with E-state index in [0.29, 0.717) is 23.9 Å². The van der Waals surface area contributed by atoms with Crippen LogP contribution in [0.15, 0.2) is 42.7 Å². The molecule has 0 fully saturated rings. The largest absolute Gasteiger partial charge is 0.491 e. The number of ether oxygens (including phenoxy) is 1. The minimum atomic E-state index is -0.197. The second-order valence-corrected chi connectivity index (χ2v) is 5.65. The van der Waals surface area contributed by atoms with E-state index in [2.05, 4.69) is 10.3 Å². The van der Waals surface area contributed by atoms with E-state index in [1.54, 1.807) is 17.2 Å². The first kappa shape index (κ1) is 14.7. The van der Waals surface area contributed by atoms with Gasteiger partial charge in [-0.05, 0) is 19.1 Å². The molecular weight excluding hydrogens is 302 g/mol. The number of carbonyl (C=O) groups is 1. The molecule has 1 aromatic carbocycles. The minimum absolute atomic E-state index is 0.0421. The molecule has 3 rings (SSSR count). The fraction of sp³-hybridized carbons (Fsp3) is 0.250. The van der Waals surface area contributed by atoms with Crippen LogP contribution in [0.1, 0.15) is 12.5 Å². The van der Waals surface area contributed by atoms with Crippen LogP contribution in [0.2, 0.25) is 5.02 Å². The summed E-state index contributed by atoms with van der Waals surface area (Å²) in [6, 6.07) is 9.18. The third kappa shape index (κ3) is 3.14. The van der Waals surface area contributed by atoms with Crippen molar-refractivity contribution in [3.63, 3.8) is 0 Å². The van der Waals surface area contributed by atoms with Crippen molar-refractivity contribution in [2.24, 2.45) is 0 Å². The summed E-state index contributed by atoms with van der Waals surface area (Å²) in [5.74, 6) is 0.828. The highest BCUT2D eigenvalue weighted by Gasteiger charge is 2.25. The number of halogens is 1. The number of nitrogens with zero attached hydrogens (tertiary/aromatic N) is 2. The van der Waals surface area contributed by atoms with Crippen molar-refractivity contribution in [3.8, 4) is 5.75 Å². The van der Waals surface area contributed by atoms with Crippen LogP contribution in [-0.2, 0) is 6.54 Å². The van der Waals surface area contributed by atoms with Gasteiger partial charge in [-0.15, -0.1) is 0 Å². The van der Waals surface area contributed by atoms with Crippen LogP contribution in [0.4, 0.5) is 10.5 Å². The Hall–Kier alpha value is -2.27. The van der Waals surface area contributed by atoms with E-state index in [0.717, 1.165) is 11.3 Å². The molecule has 22 heavy (non-hydrogen) atoms. The molecule has 0 aliphatic carbocycles. The maximum atomic E-state index is 12.5.